The smallest absolute Gasteiger partial charge is 0.338 e. The number of rotatable bonds is 8. The number of amides is 1. The van der Waals surface area contributed by atoms with E-state index in [-0.39, 0.29) is 17.0 Å². The Morgan fingerprint density at radius 3 is 2.03 bits per heavy atom. The van der Waals surface area contributed by atoms with Crippen molar-refractivity contribution in [2.24, 2.45) is 0 Å². The van der Waals surface area contributed by atoms with Crippen LogP contribution in [-0.2, 0) is 19.6 Å². The van der Waals surface area contributed by atoms with Crippen LogP contribution in [0.1, 0.15) is 24.2 Å². The highest BCUT2D eigenvalue weighted by Crippen LogP contribution is 2.23. The number of nitrogens with one attached hydrogen (secondary N) is 1. The fourth-order valence-electron chi connectivity index (χ4n) is 3.02. The van der Waals surface area contributed by atoms with E-state index in [1.165, 1.54) is 35.5 Å². The summed E-state index contributed by atoms with van der Waals surface area (Å²) in [7, 11) is -3.80. The molecule has 3 aromatic carbocycles. The van der Waals surface area contributed by atoms with Crippen molar-refractivity contribution in [1.82, 2.24) is 0 Å². The van der Waals surface area contributed by atoms with Crippen LogP contribution in [0.5, 0.6) is 0 Å². The van der Waals surface area contributed by atoms with Crippen molar-refractivity contribution in [2.45, 2.75) is 24.8 Å². The molecule has 0 radical (unpaired) electrons. The zero-order valence-electron chi connectivity index (χ0n) is 17.8. The Morgan fingerprint density at radius 1 is 0.906 bits per heavy atom. The number of para-hydroxylation sites is 2. The molecule has 0 saturated carbocycles. The first-order valence-electron chi connectivity index (χ1n) is 10.1. The van der Waals surface area contributed by atoms with Crippen LogP contribution in [0, 0.1) is 0 Å². The lowest BCUT2D eigenvalue weighted by Gasteiger charge is -2.23. The number of hydrogen-bond acceptors (Lipinski definition) is 5. The van der Waals surface area contributed by atoms with Crippen LogP contribution < -0.4 is 9.62 Å². The average Bonchev–Trinajstić information content (AvgIpc) is 2.80. The summed E-state index contributed by atoms with van der Waals surface area (Å²) in [5.41, 5.74) is 1.29. The molecule has 0 aliphatic heterocycles. The minimum absolute atomic E-state index is 0.0506. The molecular formula is C24H24N2O5S. The molecule has 0 spiro atoms. The molecule has 0 saturated heterocycles. The molecule has 0 aliphatic rings. The third-order valence-electron chi connectivity index (χ3n) is 4.70. The zero-order valence-corrected chi connectivity index (χ0v) is 18.6. The Balaban J connectivity index is 1.69. The molecule has 1 atom stereocenters. The fraction of sp³-hybridized carbons (Fsp3) is 0.167. The molecule has 0 heterocycles. The monoisotopic (exact) mass is 452 g/mol. The number of benzene rings is 3. The van der Waals surface area contributed by atoms with Crippen LogP contribution in [0.2, 0.25) is 0 Å². The predicted octanol–water partition coefficient (Wildman–Crippen LogP) is 4.09. The van der Waals surface area contributed by atoms with E-state index in [0.717, 1.165) is 0 Å². The molecule has 0 aliphatic carbocycles. The third-order valence-corrected chi connectivity index (χ3v) is 6.62. The first-order valence-corrected chi connectivity index (χ1v) is 11.5. The molecule has 1 amide bonds. The maximum Gasteiger partial charge on any atom is 0.338 e. The molecule has 7 nitrogen and oxygen atoms in total. The highest BCUT2D eigenvalue weighted by molar-refractivity contribution is 7.92. The number of hydrogen-bond donors (Lipinski definition) is 1. The van der Waals surface area contributed by atoms with Gasteiger partial charge in [-0.05, 0) is 62.4 Å². The Bertz CT molecular complexity index is 1160. The van der Waals surface area contributed by atoms with Gasteiger partial charge in [0, 0.05) is 12.2 Å². The highest BCUT2D eigenvalue weighted by atomic mass is 32.2. The Kier molecular flexibility index (Phi) is 7.27. The highest BCUT2D eigenvalue weighted by Gasteiger charge is 2.24. The first-order chi connectivity index (χ1) is 15.3. The van der Waals surface area contributed by atoms with Gasteiger partial charge in [0.05, 0.1) is 16.1 Å². The number of carbonyl (C=O) groups is 2. The summed E-state index contributed by atoms with van der Waals surface area (Å²) < 4.78 is 32.6. The van der Waals surface area contributed by atoms with Gasteiger partial charge in [0.2, 0.25) is 0 Å². The Hall–Kier alpha value is -3.65. The summed E-state index contributed by atoms with van der Waals surface area (Å²) >= 11 is 0. The van der Waals surface area contributed by atoms with E-state index >= 15 is 0 Å². The van der Waals surface area contributed by atoms with Gasteiger partial charge in [0.15, 0.2) is 6.10 Å². The number of carbonyl (C=O) groups excluding carboxylic acids is 2. The summed E-state index contributed by atoms with van der Waals surface area (Å²) in [6.45, 7) is 3.47. The van der Waals surface area contributed by atoms with Crippen LogP contribution in [-0.4, -0.2) is 32.9 Å². The van der Waals surface area contributed by atoms with Crippen LogP contribution in [0.15, 0.2) is 89.8 Å². The van der Waals surface area contributed by atoms with Crippen molar-refractivity contribution in [3.05, 3.63) is 90.5 Å². The van der Waals surface area contributed by atoms with E-state index in [1.807, 2.05) is 12.1 Å². The summed E-state index contributed by atoms with van der Waals surface area (Å²) in [6, 6.07) is 23.0. The number of nitrogens with zero attached hydrogens (tertiary/aromatic N) is 1. The largest absolute Gasteiger partial charge is 0.449 e. The van der Waals surface area contributed by atoms with Gasteiger partial charge in [-0.15, -0.1) is 0 Å². The van der Waals surface area contributed by atoms with Gasteiger partial charge >= 0.3 is 5.97 Å². The fourth-order valence-corrected chi connectivity index (χ4v) is 4.50. The number of esters is 1. The maximum absolute atomic E-state index is 13.0. The summed E-state index contributed by atoms with van der Waals surface area (Å²) in [6.07, 6.45) is -1.03. The van der Waals surface area contributed by atoms with Crippen LogP contribution >= 0.6 is 0 Å². The Morgan fingerprint density at radius 2 is 1.47 bits per heavy atom. The molecule has 3 rings (SSSR count). The lowest BCUT2D eigenvalue weighted by Crippen LogP contribution is -2.31. The van der Waals surface area contributed by atoms with Crippen LogP contribution in [0.3, 0.4) is 0 Å². The quantitative estimate of drug-likeness (QED) is 0.520. The third kappa shape index (κ3) is 5.33. The lowest BCUT2D eigenvalue weighted by molar-refractivity contribution is -0.123. The van der Waals surface area contributed by atoms with Crippen molar-refractivity contribution >= 4 is 33.3 Å². The Labute approximate surface area is 187 Å². The van der Waals surface area contributed by atoms with Gasteiger partial charge < -0.3 is 10.1 Å². The van der Waals surface area contributed by atoms with Gasteiger partial charge in [0.25, 0.3) is 15.9 Å². The second kappa shape index (κ2) is 10.1. The van der Waals surface area contributed by atoms with Crippen LogP contribution in [0.25, 0.3) is 0 Å². The summed E-state index contributed by atoms with van der Waals surface area (Å²) in [5.74, 6) is -1.19. The van der Waals surface area contributed by atoms with Gasteiger partial charge in [-0.1, -0.05) is 36.4 Å². The second-order valence-corrected chi connectivity index (χ2v) is 8.79. The maximum atomic E-state index is 13.0. The van der Waals surface area contributed by atoms with E-state index in [0.29, 0.717) is 11.4 Å². The van der Waals surface area contributed by atoms with Crippen molar-refractivity contribution in [3.63, 3.8) is 0 Å². The van der Waals surface area contributed by atoms with Gasteiger partial charge in [-0.25, -0.2) is 13.2 Å². The van der Waals surface area contributed by atoms with Gasteiger partial charge in [-0.3, -0.25) is 9.10 Å². The molecule has 166 valence electrons. The van der Waals surface area contributed by atoms with Crippen molar-refractivity contribution < 1.29 is 22.7 Å². The SMILES string of the molecule is CCN(c1ccccc1)S(=O)(=O)c1ccc(C(=O)O[C@H](C)C(=O)Nc2ccccc2)cc1. The van der Waals surface area contributed by atoms with E-state index in [9.17, 15) is 18.0 Å². The van der Waals surface area contributed by atoms with Crippen molar-refractivity contribution in [2.75, 3.05) is 16.2 Å². The van der Waals surface area contributed by atoms with E-state index < -0.39 is 28.0 Å². The molecule has 8 heteroatoms. The predicted molar refractivity (Wildman–Crippen MR) is 123 cm³/mol. The molecule has 0 fully saturated rings. The lowest BCUT2D eigenvalue weighted by atomic mass is 10.2. The standard InChI is InChI=1S/C24H24N2O5S/c1-3-26(21-12-8-5-9-13-21)32(29,30)22-16-14-19(15-17-22)24(28)31-18(2)23(27)25-20-10-6-4-7-11-20/h4-18H,3H2,1-2H3,(H,25,27)/t18-/m1/s1. The minimum atomic E-state index is -3.80. The molecule has 32 heavy (non-hydrogen) atoms. The molecule has 0 bridgehead atoms. The normalized spacial score (nSPS) is 11.9. The molecule has 1 N–H and O–H groups in total. The van der Waals surface area contributed by atoms with E-state index in [2.05, 4.69) is 5.32 Å². The average molecular weight is 453 g/mol. The van der Waals surface area contributed by atoms with E-state index in [4.69, 9.17) is 4.74 Å². The number of ether oxygens (including phenoxy) is 1. The molecule has 0 aromatic heterocycles. The number of sulfonamides is 1. The molecule has 0 unspecified atom stereocenters. The zero-order chi connectivity index (χ0) is 23.1. The molecule has 3 aromatic rings. The van der Waals surface area contributed by atoms with Gasteiger partial charge in [0.1, 0.15) is 0 Å². The summed E-state index contributed by atoms with van der Waals surface area (Å²) in [4.78, 5) is 24.7. The number of anilines is 2. The second-order valence-electron chi connectivity index (χ2n) is 6.93. The first kappa shape index (κ1) is 23.0. The minimum Gasteiger partial charge on any atom is -0.449 e. The van der Waals surface area contributed by atoms with Crippen molar-refractivity contribution in [3.8, 4) is 0 Å². The summed E-state index contributed by atoms with van der Waals surface area (Å²) in [5, 5.41) is 2.66. The molecular weight excluding hydrogens is 428 g/mol. The van der Waals surface area contributed by atoms with Crippen molar-refractivity contribution in [1.29, 1.82) is 0 Å². The van der Waals surface area contributed by atoms with Gasteiger partial charge in [-0.2, -0.15) is 0 Å². The van der Waals surface area contributed by atoms with E-state index in [1.54, 1.807) is 55.5 Å². The topological polar surface area (TPSA) is 92.8 Å². The van der Waals surface area contributed by atoms with Crippen LogP contribution in [0.4, 0.5) is 11.4 Å².